The summed E-state index contributed by atoms with van der Waals surface area (Å²) in [5.74, 6) is -5.12. The van der Waals surface area contributed by atoms with Crippen LogP contribution in [0.15, 0.2) is 24.3 Å². The van der Waals surface area contributed by atoms with Gasteiger partial charge in [-0.25, -0.2) is 4.79 Å². The van der Waals surface area contributed by atoms with Crippen LogP contribution in [0.3, 0.4) is 0 Å². The number of benzene rings is 1. The van der Waals surface area contributed by atoms with Crippen LogP contribution in [0.1, 0.15) is 38.7 Å². The second kappa shape index (κ2) is 14.9. The first-order valence-corrected chi connectivity index (χ1v) is 12.0. The maximum absolute atomic E-state index is 13.0. The molecular formula is C23H34N4O8S. The number of rotatable bonds is 15. The number of hydrogen-bond donors (Lipinski definition) is 8. The number of nitrogens with one attached hydrogen (secondary N) is 3. The Morgan fingerprint density at radius 3 is 2.03 bits per heavy atom. The minimum atomic E-state index is -1.38. The Balaban J connectivity index is 3.07. The van der Waals surface area contributed by atoms with Crippen molar-refractivity contribution in [2.45, 2.75) is 63.7 Å². The molecule has 8 N–H and O–H groups in total. The van der Waals surface area contributed by atoms with Crippen molar-refractivity contribution in [1.82, 2.24) is 16.0 Å². The van der Waals surface area contributed by atoms with Gasteiger partial charge in [0.15, 0.2) is 0 Å². The molecule has 5 unspecified atom stereocenters. The molecule has 36 heavy (non-hydrogen) atoms. The zero-order valence-electron chi connectivity index (χ0n) is 20.1. The monoisotopic (exact) mass is 526 g/mol. The molecule has 0 radical (unpaired) electrons. The first kappa shape index (κ1) is 30.7. The second-order valence-corrected chi connectivity index (χ2v) is 8.79. The molecule has 0 fully saturated rings. The van der Waals surface area contributed by atoms with Gasteiger partial charge < -0.3 is 37.0 Å². The lowest BCUT2D eigenvalue weighted by Crippen LogP contribution is -2.59. The third-order valence-corrected chi connectivity index (χ3v) is 5.99. The Bertz CT molecular complexity index is 927. The van der Waals surface area contributed by atoms with Crippen LogP contribution >= 0.6 is 12.6 Å². The van der Waals surface area contributed by atoms with Gasteiger partial charge in [0.1, 0.15) is 23.9 Å². The largest absolute Gasteiger partial charge is 0.508 e. The standard InChI is InChI=1S/C23H34N4O8S/c1-3-12(2)19(27-20(31)15(24)11-36)22(33)25-16(8-9-18(29)30)21(32)26-17(23(34)35)10-13-4-6-14(28)7-5-13/h4-7,12,15-17,19,28,36H,3,8-11,24H2,1-2H3,(H,25,33)(H,26,32)(H,27,31)(H,29,30)(H,34,35). The molecule has 1 rings (SSSR count). The van der Waals surface area contributed by atoms with Gasteiger partial charge in [-0.3, -0.25) is 19.2 Å². The van der Waals surface area contributed by atoms with Crippen molar-refractivity contribution >= 4 is 42.3 Å². The van der Waals surface area contributed by atoms with E-state index in [1.807, 2.05) is 0 Å². The van der Waals surface area contributed by atoms with Crippen LogP contribution in [0.2, 0.25) is 0 Å². The van der Waals surface area contributed by atoms with E-state index in [4.69, 9.17) is 10.8 Å². The van der Waals surface area contributed by atoms with Gasteiger partial charge in [-0.05, 0) is 30.0 Å². The molecule has 1 aromatic carbocycles. The fourth-order valence-electron chi connectivity index (χ4n) is 3.18. The van der Waals surface area contributed by atoms with E-state index in [-0.39, 0.29) is 30.3 Å². The highest BCUT2D eigenvalue weighted by atomic mass is 32.1. The second-order valence-electron chi connectivity index (χ2n) is 8.42. The summed E-state index contributed by atoms with van der Waals surface area (Å²) in [6.45, 7) is 3.51. The molecule has 0 aliphatic heterocycles. The average Bonchev–Trinajstić information content (AvgIpc) is 2.84. The number of thiol groups is 1. The van der Waals surface area contributed by atoms with E-state index >= 15 is 0 Å². The minimum absolute atomic E-state index is 0.00983. The van der Waals surface area contributed by atoms with Crippen molar-refractivity contribution in [3.05, 3.63) is 29.8 Å². The summed E-state index contributed by atoms with van der Waals surface area (Å²) in [7, 11) is 0. The molecule has 0 bridgehead atoms. The van der Waals surface area contributed by atoms with E-state index < -0.39 is 60.2 Å². The molecule has 1 aromatic rings. The van der Waals surface area contributed by atoms with Gasteiger partial charge in [0, 0.05) is 18.6 Å². The van der Waals surface area contributed by atoms with Crippen molar-refractivity contribution in [2.75, 3.05) is 5.75 Å². The number of carboxylic acids is 2. The summed E-state index contributed by atoms with van der Waals surface area (Å²) in [4.78, 5) is 61.1. The molecular weight excluding hydrogens is 492 g/mol. The topological polar surface area (TPSA) is 208 Å². The Hall–Kier alpha value is -3.32. The van der Waals surface area contributed by atoms with Crippen LogP contribution in [-0.2, 0) is 30.4 Å². The van der Waals surface area contributed by atoms with Crippen LogP contribution in [0.4, 0.5) is 0 Å². The summed E-state index contributed by atoms with van der Waals surface area (Å²) in [5, 5.41) is 35.4. The number of phenolic OH excluding ortho intramolecular Hbond substituents is 1. The number of aromatic hydroxyl groups is 1. The van der Waals surface area contributed by atoms with Crippen molar-refractivity contribution < 1.29 is 39.3 Å². The maximum atomic E-state index is 13.0. The highest BCUT2D eigenvalue weighted by Crippen LogP contribution is 2.13. The molecule has 12 nitrogen and oxygen atoms in total. The average molecular weight is 527 g/mol. The van der Waals surface area contributed by atoms with Crippen LogP contribution < -0.4 is 21.7 Å². The zero-order chi connectivity index (χ0) is 27.4. The number of carbonyl (C=O) groups excluding carboxylic acids is 3. The van der Waals surface area contributed by atoms with Crippen molar-refractivity contribution in [2.24, 2.45) is 11.7 Å². The number of phenols is 1. The van der Waals surface area contributed by atoms with Crippen LogP contribution in [0, 0.1) is 5.92 Å². The summed E-state index contributed by atoms with van der Waals surface area (Å²) >= 11 is 3.97. The smallest absolute Gasteiger partial charge is 0.326 e. The van der Waals surface area contributed by atoms with Gasteiger partial charge in [-0.15, -0.1) is 0 Å². The summed E-state index contributed by atoms with van der Waals surface area (Å²) in [6, 6.07) is 0.938. The highest BCUT2D eigenvalue weighted by molar-refractivity contribution is 7.80. The summed E-state index contributed by atoms with van der Waals surface area (Å²) in [5.41, 5.74) is 6.19. The molecule has 5 atom stereocenters. The van der Waals surface area contributed by atoms with Gasteiger partial charge in [-0.1, -0.05) is 32.4 Å². The highest BCUT2D eigenvalue weighted by Gasteiger charge is 2.32. The van der Waals surface area contributed by atoms with Crippen molar-refractivity contribution in [3.8, 4) is 5.75 Å². The van der Waals surface area contributed by atoms with Gasteiger partial charge in [0.25, 0.3) is 0 Å². The van der Waals surface area contributed by atoms with Crippen molar-refractivity contribution in [3.63, 3.8) is 0 Å². The molecule has 0 heterocycles. The summed E-state index contributed by atoms with van der Waals surface area (Å²) in [6.07, 6.45) is -0.406. The molecule has 200 valence electrons. The van der Waals surface area contributed by atoms with E-state index in [1.165, 1.54) is 24.3 Å². The predicted octanol–water partition coefficient (Wildman–Crippen LogP) is -0.358. The van der Waals surface area contributed by atoms with Crippen LogP contribution in [0.5, 0.6) is 5.75 Å². The molecule has 0 spiro atoms. The van der Waals surface area contributed by atoms with Crippen molar-refractivity contribution in [1.29, 1.82) is 0 Å². The third-order valence-electron chi connectivity index (χ3n) is 5.60. The van der Waals surface area contributed by atoms with E-state index in [9.17, 15) is 34.2 Å². The minimum Gasteiger partial charge on any atom is -0.508 e. The zero-order valence-corrected chi connectivity index (χ0v) is 21.0. The predicted molar refractivity (Wildman–Crippen MR) is 133 cm³/mol. The fraction of sp³-hybridized carbons (Fsp3) is 0.522. The van der Waals surface area contributed by atoms with E-state index in [0.717, 1.165) is 0 Å². The Morgan fingerprint density at radius 2 is 1.53 bits per heavy atom. The number of amides is 3. The SMILES string of the molecule is CCC(C)C(NC(=O)C(N)CS)C(=O)NC(CCC(=O)O)C(=O)NC(Cc1ccc(O)cc1)C(=O)O. The molecule has 0 aromatic heterocycles. The maximum Gasteiger partial charge on any atom is 0.326 e. The molecule has 0 aliphatic carbocycles. The van der Waals surface area contributed by atoms with E-state index in [2.05, 4.69) is 28.6 Å². The third kappa shape index (κ3) is 10.1. The quantitative estimate of drug-likeness (QED) is 0.140. The Labute approximate surface area is 214 Å². The normalized spacial score (nSPS) is 15.0. The molecule has 0 saturated heterocycles. The first-order chi connectivity index (χ1) is 16.9. The van der Waals surface area contributed by atoms with E-state index in [1.54, 1.807) is 13.8 Å². The van der Waals surface area contributed by atoms with Gasteiger partial charge in [-0.2, -0.15) is 12.6 Å². The Kier molecular flexibility index (Phi) is 12.7. The lowest BCUT2D eigenvalue weighted by atomic mass is 9.97. The van der Waals surface area contributed by atoms with Crippen LogP contribution in [-0.4, -0.2) is 74.9 Å². The number of carbonyl (C=O) groups is 5. The lowest BCUT2D eigenvalue weighted by molar-refractivity contribution is -0.143. The van der Waals surface area contributed by atoms with Crippen LogP contribution in [0.25, 0.3) is 0 Å². The molecule has 0 saturated carbocycles. The number of hydrogen-bond acceptors (Lipinski definition) is 8. The number of aliphatic carboxylic acids is 2. The number of carboxylic acid groups (broad SMARTS) is 2. The fourth-order valence-corrected chi connectivity index (χ4v) is 3.35. The first-order valence-electron chi connectivity index (χ1n) is 11.4. The van der Waals surface area contributed by atoms with Gasteiger partial charge >= 0.3 is 11.9 Å². The lowest BCUT2D eigenvalue weighted by Gasteiger charge is -2.27. The molecule has 13 heteroatoms. The molecule has 3 amide bonds. The van der Waals surface area contributed by atoms with E-state index in [0.29, 0.717) is 12.0 Å². The number of nitrogens with two attached hydrogens (primary N) is 1. The molecule has 0 aliphatic rings. The van der Waals surface area contributed by atoms with Gasteiger partial charge in [0.2, 0.25) is 17.7 Å². The summed E-state index contributed by atoms with van der Waals surface area (Å²) < 4.78 is 0. The Morgan fingerprint density at radius 1 is 0.944 bits per heavy atom. The van der Waals surface area contributed by atoms with Gasteiger partial charge in [0.05, 0.1) is 6.04 Å².